The number of rotatable bonds is 9. The van der Waals surface area contributed by atoms with Gasteiger partial charge in [0.25, 0.3) is 0 Å². The first-order valence-corrected chi connectivity index (χ1v) is 12.2. The standard InChI is InChI=1S/C30H32N2O/c1-2-32-30(29(33)10-6-9-22-7-4-3-5-8-22)28(21-31-32)27-19-17-26(18-20-27)25-15-13-24(14-16-25)23-11-12-23/h3-5,7-8,13-21,23,29,33H,2,6,9-12H2,1H3. The highest BCUT2D eigenvalue weighted by Crippen LogP contribution is 2.40. The number of hydrogen-bond donors (Lipinski definition) is 1. The fourth-order valence-electron chi connectivity index (χ4n) is 4.71. The third-order valence-corrected chi connectivity index (χ3v) is 6.77. The monoisotopic (exact) mass is 436 g/mol. The summed E-state index contributed by atoms with van der Waals surface area (Å²) >= 11 is 0. The van der Waals surface area contributed by atoms with E-state index in [0.29, 0.717) is 0 Å². The third kappa shape index (κ3) is 4.94. The van der Waals surface area contributed by atoms with Crippen molar-refractivity contribution in [2.45, 2.75) is 57.6 Å². The average Bonchev–Trinajstić information content (AvgIpc) is 3.63. The maximum absolute atomic E-state index is 11.1. The molecule has 1 fully saturated rings. The molecule has 1 aliphatic carbocycles. The van der Waals surface area contributed by atoms with Crippen molar-refractivity contribution in [2.24, 2.45) is 0 Å². The number of nitrogens with zero attached hydrogens (tertiary/aromatic N) is 2. The molecule has 3 nitrogen and oxygen atoms in total. The van der Waals surface area contributed by atoms with E-state index in [4.69, 9.17) is 0 Å². The minimum absolute atomic E-state index is 0.527. The molecule has 1 aromatic heterocycles. The molecule has 0 amide bonds. The Balaban J connectivity index is 1.31. The summed E-state index contributed by atoms with van der Waals surface area (Å²) in [6, 6.07) is 28.2. The lowest BCUT2D eigenvalue weighted by molar-refractivity contribution is 0.154. The van der Waals surface area contributed by atoms with Crippen molar-refractivity contribution in [1.82, 2.24) is 9.78 Å². The summed E-state index contributed by atoms with van der Waals surface area (Å²) in [5, 5.41) is 15.7. The summed E-state index contributed by atoms with van der Waals surface area (Å²) in [5.74, 6) is 0.786. The van der Waals surface area contributed by atoms with E-state index < -0.39 is 6.10 Å². The largest absolute Gasteiger partial charge is 0.387 e. The number of aliphatic hydroxyl groups excluding tert-OH is 1. The van der Waals surface area contributed by atoms with E-state index in [-0.39, 0.29) is 0 Å². The first-order chi connectivity index (χ1) is 16.2. The maximum Gasteiger partial charge on any atom is 0.0963 e. The topological polar surface area (TPSA) is 38.0 Å². The second-order valence-corrected chi connectivity index (χ2v) is 9.13. The van der Waals surface area contributed by atoms with Gasteiger partial charge in [-0.05, 0) is 72.8 Å². The molecule has 4 aromatic rings. The lowest BCUT2D eigenvalue weighted by Gasteiger charge is -2.15. The normalized spacial score (nSPS) is 14.4. The van der Waals surface area contributed by atoms with E-state index in [1.807, 2.05) is 16.9 Å². The first-order valence-electron chi connectivity index (χ1n) is 12.2. The zero-order chi connectivity index (χ0) is 22.6. The molecule has 0 aliphatic heterocycles. The lowest BCUT2D eigenvalue weighted by atomic mass is 9.96. The van der Waals surface area contributed by atoms with Crippen LogP contribution in [0.4, 0.5) is 0 Å². The molecule has 1 aliphatic rings. The Bertz CT molecular complexity index is 1170. The van der Waals surface area contributed by atoms with E-state index in [1.165, 1.54) is 35.1 Å². The van der Waals surface area contributed by atoms with Gasteiger partial charge in [-0.3, -0.25) is 4.68 Å². The summed E-state index contributed by atoms with van der Waals surface area (Å²) in [5.41, 5.74) is 8.30. The number of aryl methyl sites for hydroxylation is 2. The van der Waals surface area contributed by atoms with Crippen molar-refractivity contribution < 1.29 is 5.11 Å². The van der Waals surface area contributed by atoms with Crippen molar-refractivity contribution >= 4 is 0 Å². The van der Waals surface area contributed by atoms with Gasteiger partial charge in [0.1, 0.15) is 0 Å². The molecule has 0 saturated heterocycles. The van der Waals surface area contributed by atoms with Crippen molar-refractivity contribution in [3.8, 4) is 22.3 Å². The zero-order valence-electron chi connectivity index (χ0n) is 19.3. The minimum Gasteiger partial charge on any atom is -0.387 e. The zero-order valence-corrected chi connectivity index (χ0v) is 19.3. The SMILES string of the molecule is CCn1ncc(-c2ccc(-c3ccc(C4CC4)cc3)cc2)c1C(O)CCCc1ccccc1. The molecule has 3 heteroatoms. The molecule has 1 saturated carbocycles. The molecule has 33 heavy (non-hydrogen) atoms. The summed E-state index contributed by atoms with van der Waals surface area (Å²) in [7, 11) is 0. The number of aliphatic hydroxyl groups is 1. The van der Waals surface area contributed by atoms with E-state index in [9.17, 15) is 5.11 Å². The Morgan fingerprint density at radius 3 is 2.15 bits per heavy atom. The lowest BCUT2D eigenvalue weighted by Crippen LogP contribution is -2.09. The van der Waals surface area contributed by atoms with Gasteiger partial charge in [0.15, 0.2) is 0 Å². The quantitative estimate of drug-likeness (QED) is 0.302. The van der Waals surface area contributed by atoms with Gasteiger partial charge in [-0.25, -0.2) is 0 Å². The van der Waals surface area contributed by atoms with Crippen molar-refractivity contribution in [1.29, 1.82) is 0 Å². The number of hydrogen-bond acceptors (Lipinski definition) is 2. The van der Waals surface area contributed by atoms with Crippen LogP contribution >= 0.6 is 0 Å². The molecule has 0 bridgehead atoms. The van der Waals surface area contributed by atoms with Crippen LogP contribution in [-0.2, 0) is 13.0 Å². The smallest absolute Gasteiger partial charge is 0.0963 e. The van der Waals surface area contributed by atoms with Gasteiger partial charge in [0, 0.05) is 12.1 Å². The Kier molecular flexibility index (Phi) is 6.41. The van der Waals surface area contributed by atoms with Gasteiger partial charge >= 0.3 is 0 Å². The van der Waals surface area contributed by atoms with Gasteiger partial charge in [0.05, 0.1) is 18.0 Å². The van der Waals surface area contributed by atoms with Crippen LogP contribution in [0.1, 0.15) is 61.4 Å². The van der Waals surface area contributed by atoms with Crippen LogP contribution in [-0.4, -0.2) is 14.9 Å². The van der Waals surface area contributed by atoms with E-state index in [1.54, 1.807) is 0 Å². The van der Waals surface area contributed by atoms with Crippen LogP contribution in [0.5, 0.6) is 0 Å². The fraction of sp³-hybridized carbons (Fsp3) is 0.300. The van der Waals surface area contributed by atoms with Crippen LogP contribution in [0.2, 0.25) is 0 Å². The molecule has 5 rings (SSSR count). The van der Waals surface area contributed by atoms with Gasteiger partial charge < -0.3 is 5.11 Å². The van der Waals surface area contributed by atoms with E-state index >= 15 is 0 Å². The highest BCUT2D eigenvalue weighted by atomic mass is 16.3. The van der Waals surface area contributed by atoms with Crippen molar-refractivity contribution in [3.63, 3.8) is 0 Å². The second kappa shape index (κ2) is 9.76. The first kappa shape index (κ1) is 21.7. The summed E-state index contributed by atoms with van der Waals surface area (Å²) < 4.78 is 1.94. The molecule has 0 radical (unpaired) electrons. The molecule has 1 N–H and O–H groups in total. The number of aromatic nitrogens is 2. The van der Waals surface area contributed by atoms with Gasteiger partial charge in [-0.2, -0.15) is 5.10 Å². The summed E-state index contributed by atoms with van der Waals surface area (Å²) in [4.78, 5) is 0. The highest BCUT2D eigenvalue weighted by Gasteiger charge is 2.23. The molecule has 1 atom stereocenters. The van der Waals surface area contributed by atoms with Gasteiger partial charge in [-0.1, -0.05) is 78.9 Å². The maximum atomic E-state index is 11.1. The molecular weight excluding hydrogens is 404 g/mol. The highest BCUT2D eigenvalue weighted by molar-refractivity contribution is 5.71. The third-order valence-electron chi connectivity index (χ3n) is 6.77. The van der Waals surface area contributed by atoms with Crippen LogP contribution < -0.4 is 0 Å². The molecule has 1 heterocycles. The molecule has 168 valence electrons. The van der Waals surface area contributed by atoms with Crippen molar-refractivity contribution in [3.05, 3.63) is 102 Å². The Labute approximate surface area is 196 Å². The molecule has 0 spiro atoms. The van der Waals surface area contributed by atoms with Crippen LogP contribution in [0.25, 0.3) is 22.3 Å². The van der Waals surface area contributed by atoms with Crippen molar-refractivity contribution in [2.75, 3.05) is 0 Å². The Hall–Kier alpha value is -3.17. The Morgan fingerprint density at radius 2 is 1.52 bits per heavy atom. The Morgan fingerprint density at radius 1 is 0.879 bits per heavy atom. The van der Waals surface area contributed by atoms with E-state index in [0.717, 1.165) is 48.5 Å². The van der Waals surface area contributed by atoms with Crippen LogP contribution in [0.15, 0.2) is 85.1 Å². The molecule has 3 aromatic carbocycles. The fourth-order valence-corrected chi connectivity index (χ4v) is 4.71. The number of benzene rings is 3. The molecular formula is C30H32N2O. The molecule has 1 unspecified atom stereocenters. The van der Waals surface area contributed by atoms with Crippen LogP contribution in [0, 0.1) is 0 Å². The van der Waals surface area contributed by atoms with Gasteiger partial charge in [0.2, 0.25) is 0 Å². The minimum atomic E-state index is -0.527. The predicted octanol–water partition coefficient (Wildman–Crippen LogP) is 7.17. The second-order valence-electron chi connectivity index (χ2n) is 9.13. The summed E-state index contributed by atoms with van der Waals surface area (Å²) in [6.07, 6.45) is 6.68. The van der Waals surface area contributed by atoms with Gasteiger partial charge in [-0.15, -0.1) is 0 Å². The van der Waals surface area contributed by atoms with Crippen LogP contribution in [0.3, 0.4) is 0 Å². The summed E-state index contributed by atoms with van der Waals surface area (Å²) in [6.45, 7) is 2.82. The van der Waals surface area contributed by atoms with E-state index in [2.05, 4.69) is 84.8 Å². The average molecular weight is 437 g/mol. The predicted molar refractivity (Wildman–Crippen MR) is 135 cm³/mol.